The van der Waals surface area contributed by atoms with Crippen molar-refractivity contribution in [2.75, 3.05) is 19.6 Å². The molecule has 4 rings (SSSR count). The molecule has 0 radical (unpaired) electrons. The fourth-order valence-corrected chi connectivity index (χ4v) is 4.64. The molecule has 33 heavy (non-hydrogen) atoms. The van der Waals surface area contributed by atoms with Gasteiger partial charge in [-0.05, 0) is 53.7 Å². The zero-order valence-corrected chi connectivity index (χ0v) is 18.3. The van der Waals surface area contributed by atoms with Crippen LogP contribution in [-0.2, 0) is 17.6 Å². The minimum absolute atomic E-state index is 0.208. The molecule has 3 aromatic rings. The van der Waals surface area contributed by atoms with Gasteiger partial charge >= 0.3 is 6.09 Å². The van der Waals surface area contributed by atoms with Crippen molar-refractivity contribution in [3.8, 4) is 0 Å². The van der Waals surface area contributed by atoms with Crippen LogP contribution in [0.25, 0.3) is 17.0 Å². The smallest absolute Gasteiger partial charge is 0.404 e. The van der Waals surface area contributed by atoms with Crippen LogP contribution in [0.2, 0.25) is 0 Å². The van der Waals surface area contributed by atoms with E-state index in [1.54, 1.807) is 11.6 Å². The van der Waals surface area contributed by atoms with Gasteiger partial charge in [-0.3, -0.25) is 14.9 Å². The van der Waals surface area contributed by atoms with Crippen LogP contribution in [0.5, 0.6) is 0 Å². The molecule has 0 fully saturated rings. The standard InChI is InChI=1S/C25H28N4O4/c30-24(28-33)10-6-17-5-8-21-18(15-17)7-9-23(21)29(14-12-26-25(31)32)13-11-19-16-27-22-4-2-1-3-20(19)22/h1-6,8,10,15-16,23,26-27,33H,7,9,11-14H2,(H,28,30)(H,31,32). The van der Waals surface area contributed by atoms with E-state index < -0.39 is 12.0 Å². The molecule has 2 amide bonds. The Morgan fingerprint density at radius 1 is 1.18 bits per heavy atom. The Kier molecular flexibility index (Phi) is 7.07. The fraction of sp³-hybridized carbons (Fsp3) is 0.280. The van der Waals surface area contributed by atoms with Gasteiger partial charge in [0.25, 0.3) is 5.91 Å². The number of benzene rings is 2. The van der Waals surface area contributed by atoms with Gasteiger partial charge in [-0.1, -0.05) is 36.4 Å². The van der Waals surface area contributed by atoms with Crippen LogP contribution in [0.3, 0.4) is 0 Å². The lowest BCUT2D eigenvalue weighted by atomic mass is 10.0. The van der Waals surface area contributed by atoms with Crippen molar-refractivity contribution < 1.29 is 19.9 Å². The predicted molar refractivity (Wildman–Crippen MR) is 126 cm³/mol. The maximum atomic E-state index is 11.3. The summed E-state index contributed by atoms with van der Waals surface area (Å²) in [5.74, 6) is -0.567. The van der Waals surface area contributed by atoms with Gasteiger partial charge in [0, 0.05) is 48.9 Å². The number of fused-ring (bicyclic) bond motifs is 2. The first-order chi connectivity index (χ1) is 16.0. The summed E-state index contributed by atoms with van der Waals surface area (Å²) in [7, 11) is 0. The van der Waals surface area contributed by atoms with Gasteiger partial charge in [0.15, 0.2) is 0 Å². The number of amides is 2. The number of carbonyl (C=O) groups excluding carboxylic acids is 1. The third-order valence-electron chi connectivity index (χ3n) is 6.21. The number of rotatable bonds is 9. The molecule has 2 aromatic carbocycles. The number of para-hydroxylation sites is 1. The summed E-state index contributed by atoms with van der Waals surface area (Å²) in [5.41, 5.74) is 7.34. The highest BCUT2D eigenvalue weighted by molar-refractivity contribution is 5.90. The van der Waals surface area contributed by atoms with E-state index in [2.05, 4.69) is 45.7 Å². The number of nitrogens with one attached hydrogen (secondary N) is 3. The molecule has 5 N–H and O–H groups in total. The Hall–Kier alpha value is -3.62. The fourth-order valence-electron chi connectivity index (χ4n) is 4.64. The van der Waals surface area contributed by atoms with E-state index in [1.807, 2.05) is 18.2 Å². The second kappa shape index (κ2) is 10.3. The van der Waals surface area contributed by atoms with E-state index in [1.165, 1.54) is 28.2 Å². The van der Waals surface area contributed by atoms with Crippen LogP contribution in [0.15, 0.2) is 54.7 Å². The van der Waals surface area contributed by atoms with Crippen LogP contribution in [-0.4, -0.2) is 51.8 Å². The molecule has 1 aliphatic rings. The van der Waals surface area contributed by atoms with Crippen molar-refractivity contribution in [3.63, 3.8) is 0 Å². The molecule has 8 nitrogen and oxygen atoms in total. The number of aromatic nitrogens is 1. The second-order valence-corrected chi connectivity index (χ2v) is 8.20. The Morgan fingerprint density at radius 2 is 2.03 bits per heavy atom. The molecule has 0 spiro atoms. The normalized spacial score (nSPS) is 15.3. The minimum atomic E-state index is -1.01. The van der Waals surface area contributed by atoms with Gasteiger partial charge in [-0.15, -0.1) is 0 Å². The monoisotopic (exact) mass is 448 g/mol. The summed E-state index contributed by atoms with van der Waals surface area (Å²) < 4.78 is 0. The van der Waals surface area contributed by atoms with E-state index in [9.17, 15) is 9.59 Å². The third kappa shape index (κ3) is 5.42. The molecule has 172 valence electrons. The average Bonchev–Trinajstić information content (AvgIpc) is 3.43. The second-order valence-electron chi connectivity index (χ2n) is 8.20. The predicted octanol–water partition coefficient (Wildman–Crippen LogP) is 3.49. The molecular formula is C25H28N4O4. The molecule has 0 aliphatic heterocycles. The van der Waals surface area contributed by atoms with E-state index in [-0.39, 0.29) is 6.04 Å². The summed E-state index contributed by atoms with van der Waals surface area (Å²) >= 11 is 0. The summed E-state index contributed by atoms with van der Waals surface area (Å²) in [6.45, 7) is 1.80. The number of nitrogens with zero attached hydrogens (tertiary/aromatic N) is 1. The van der Waals surface area contributed by atoms with Crippen molar-refractivity contribution >= 4 is 29.0 Å². The zero-order chi connectivity index (χ0) is 23.2. The highest BCUT2D eigenvalue weighted by atomic mass is 16.5. The van der Waals surface area contributed by atoms with Crippen LogP contribution in [0.4, 0.5) is 4.79 Å². The highest BCUT2D eigenvalue weighted by Crippen LogP contribution is 2.36. The van der Waals surface area contributed by atoms with Crippen LogP contribution < -0.4 is 10.8 Å². The molecule has 8 heteroatoms. The molecule has 0 saturated carbocycles. The zero-order valence-electron chi connectivity index (χ0n) is 18.3. The Labute approximate surface area is 191 Å². The molecular weight excluding hydrogens is 420 g/mol. The van der Waals surface area contributed by atoms with E-state index in [0.717, 1.165) is 36.9 Å². The molecule has 1 heterocycles. The minimum Gasteiger partial charge on any atom is -0.465 e. The molecule has 0 saturated heterocycles. The van der Waals surface area contributed by atoms with Crippen molar-refractivity contribution in [1.82, 2.24) is 20.7 Å². The molecule has 1 atom stereocenters. The maximum Gasteiger partial charge on any atom is 0.404 e. The Bertz CT molecular complexity index is 1170. The summed E-state index contributed by atoms with van der Waals surface area (Å²) in [4.78, 5) is 27.9. The maximum absolute atomic E-state index is 11.3. The lowest BCUT2D eigenvalue weighted by molar-refractivity contribution is -0.124. The quantitative estimate of drug-likeness (QED) is 0.195. The first kappa shape index (κ1) is 22.6. The molecule has 1 unspecified atom stereocenters. The number of carboxylic acid groups (broad SMARTS) is 1. The van der Waals surface area contributed by atoms with Gasteiger partial charge in [0.05, 0.1) is 0 Å². The largest absolute Gasteiger partial charge is 0.465 e. The number of carbonyl (C=O) groups is 2. The van der Waals surface area contributed by atoms with Crippen molar-refractivity contribution in [3.05, 3.63) is 77.0 Å². The summed E-state index contributed by atoms with van der Waals surface area (Å²) in [5, 5.41) is 21.4. The first-order valence-corrected chi connectivity index (χ1v) is 11.1. The van der Waals surface area contributed by atoms with E-state index in [0.29, 0.717) is 13.1 Å². The van der Waals surface area contributed by atoms with Crippen molar-refractivity contribution in [2.24, 2.45) is 0 Å². The van der Waals surface area contributed by atoms with Gasteiger partial charge < -0.3 is 15.4 Å². The molecule has 1 aromatic heterocycles. The lowest BCUT2D eigenvalue weighted by Crippen LogP contribution is -2.37. The van der Waals surface area contributed by atoms with Crippen molar-refractivity contribution in [2.45, 2.75) is 25.3 Å². The number of aryl methyl sites for hydroxylation is 1. The third-order valence-corrected chi connectivity index (χ3v) is 6.21. The van der Waals surface area contributed by atoms with Gasteiger partial charge in [-0.25, -0.2) is 10.3 Å². The number of H-pyrrole nitrogens is 1. The van der Waals surface area contributed by atoms with E-state index >= 15 is 0 Å². The first-order valence-electron chi connectivity index (χ1n) is 11.1. The SMILES string of the molecule is O=C(O)NCCN(CCc1c[nH]c2ccccc12)C1CCc2cc(C=CC(=O)NO)ccc21. The number of hydrogen-bond acceptors (Lipinski definition) is 4. The molecule has 0 bridgehead atoms. The van der Waals surface area contributed by atoms with Gasteiger partial charge in [-0.2, -0.15) is 0 Å². The Balaban J connectivity index is 1.51. The Morgan fingerprint density at radius 3 is 2.85 bits per heavy atom. The lowest BCUT2D eigenvalue weighted by Gasteiger charge is -2.29. The number of hydroxylamine groups is 1. The topological polar surface area (TPSA) is 118 Å². The number of aromatic amines is 1. The number of hydrogen-bond donors (Lipinski definition) is 5. The van der Waals surface area contributed by atoms with Crippen LogP contribution >= 0.6 is 0 Å². The van der Waals surface area contributed by atoms with E-state index in [4.69, 9.17) is 10.3 Å². The van der Waals surface area contributed by atoms with Gasteiger partial charge in [0.2, 0.25) is 0 Å². The average molecular weight is 449 g/mol. The van der Waals surface area contributed by atoms with Crippen LogP contribution in [0, 0.1) is 0 Å². The summed E-state index contributed by atoms with van der Waals surface area (Å²) in [6.07, 6.45) is 6.75. The van der Waals surface area contributed by atoms with Gasteiger partial charge in [0.1, 0.15) is 0 Å². The highest BCUT2D eigenvalue weighted by Gasteiger charge is 2.28. The molecule has 1 aliphatic carbocycles. The summed E-state index contributed by atoms with van der Waals surface area (Å²) in [6, 6.07) is 14.6. The van der Waals surface area contributed by atoms with Crippen molar-refractivity contribution in [1.29, 1.82) is 0 Å². The van der Waals surface area contributed by atoms with Crippen LogP contribution in [0.1, 0.15) is 34.7 Å².